The first-order chi connectivity index (χ1) is 11.8. The van der Waals surface area contributed by atoms with E-state index in [1.165, 1.54) is 6.92 Å². The maximum absolute atomic E-state index is 8.65. The zero-order valence-corrected chi connectivity index (χ0v) is 12.6. The van der Waals surface area contributed by atoms with Gasteiger partial charge in [0.05, 0.1) is 0 Å². The van der Waals surface area contributed by atoms with E-state index in [0.717, 1.165) is 11.1 Å². The first kappa shape index (κ1) is 8.61. The van der Waals surface area contributed by atoms with Crippen LogP contribution in [0, 0.1) is 6.92 Å². The Labute approximate surface area is 131 Å². The highest BCUT2D eigenvalue weighted by Gasteiger charge is 2.22. The van der Waals surface area contributed by atoms with Crippen LogP contribution in [0.5, 0.6) is 0 Å². The molecule has 0 saturated carbocycles. The summed E-state index contributed by atoms with van der Waals surface area (Å²) in [7, 11) is 1.80. The zero-order chi connectivity index (χ0) is 19.9. The maximum atomic E-state index is 8.65. The van der Waals surface area contributed by atoms with Crippen molar-refractivity contribution in [2.24, 2.45) is 7.05 Å². The minimum absolute atomic E-state index is 0.154. The number of pyridine rings is 1. The molecule has 0 amide bonds. The van der Waals surface area contributed by atoms with E-state index >= 15 is 0 Å². The number of aryl methyl sites for hydroxylation is 2. The average Bonchev–Trinajstić information content (AvgIpc) is 2.54. The van der Waals surface area contributed by atoms with E-state index < -0.39 is 18.6 Å². The molecular formula is C19H26N+. The van der Waals surface area contributed by atoms with Crippen molar-refractivity contribution >= 4 is 0 Å². The van der Waals surface area contributed by atoms with Crippen LogP contribution >= 0.6 is 0 Å². The molecule has 0 fully saturated rings. The molecule has 0 spiro atoms. The second kappa shape index (κ2) is 5.78. The summed E-state index contributed by atoms with van der Waals surface area (Å²) in [4.78, 5) is 0. The predicted octanol–water partition coefficient (Wildman–Crippen LogP) is 4.73. The van der Waals surface area contributed by atoms with Crippen LogP contribution in [0.1, 0.15) is 64.3 Å². The van der Waals surface area contributed by atoms with Crippen molar-refractivity contribution in [1.82, 2.24) is 0 Å². The van der Waals surface area contributed by atoms with Gasteiger partial charge in [0.15, 0.2) is 6.20 Å². The number of rotatable bonds is 3. The van der Waals surface area contributed by atoms with Crippen molar-refractivity contribution in [2.45, 2.75) is 46.3 Å². The van der Waals surface area contributed by atoms with Crippen molar-refractivity contribution in [1.29, 1.82) is 0 Å². The summed E-state index contributed by atoms with van der Waals surface area (Å²) in [5.74, 6) is -3.03. The SMILES string of the molecule is [2H]CC([2H])(C)c1cc(C([2H])(C)C([2H])([2H])[2H])c(-c2ccccc2C)[n+](C)c1. The second-order valence-electron chi connectivity index (χ2n) is 5.32. The molecule has 2 unspecified atom stereocenters. The molecule has 0 radical (unpaired) electrons. The van der Waals surface area contributed by atoms with Crippen molar-refractivity contribution in [3.8, 4) is 11.3 Å². The van der Waals surface area contributed by atoms with Gasteiger partial charge >= 0.3 is 0 Å². The lowest BCUT2D eigenvalue weighted by molar-refractivity contribution is -0.661. The topological polar surface area (TPSA) is 3.88 Å². The third kappa shape index (κ3) is 2.77. The van der Waals surface area contributed by atoms with Gasteiger partial charge in [-0.05, 0) is 36.4 Å². The Kier molecular flexibility index (Phi) is 2.49. The van der Waals surface area contributed by atoms with E-state index in [2.05, 4.69) is 0 Å². The fraction of sp³-hybridized carbons (Fsp3) is 0.421. The van der Waals surface area contributed by atoms with E-state index in [-0.39, 0.29) is 6.90 Å². The van der Waals surface area contributed by atoms with Gasteiger partial charge in [-0.2, -0.15) is 0 Å². The van der Waals surface area contributed by atoms with Crippen molar-refractivity contribution in [2.75, 3.05) is 0 Å². The Morgan fingerprint density at radius 1 is 1.20 bits per heavy atom. The molecule has 0 N–H and O–H groups in total. The van der Waals surface area contributed by atoms with E-state index in [1.807, 2.05) is 31.2 Å². The molecule has 0 aliphatic rings. The minimum Gasteiger partial charge on any atom is -0.200 e. The average molecular weight is 274 g/mol. The van der Waals surface area contributed by atoms with Gasteiger partial charge in [-0.1, -0.05) is 45.8 Å². The summed E-state index contributed by atoms with van der Waals surface area (Å²) < 4.78 is 50.1. The van der Waals surface area contributed by atoms with E-state index in [1.54, 1.807) is 30.8 Å². The van der Waals surface area contributed by atoms with E-state index in [0.29, 0.717) is 16.8 Å². The van der Waals surface area contributed by atoms with Crippen LogP contribution in [-0.4, -0.2) is 0 Å². The lowest BCUT2D eigenvalue weighted by atomic mass is 9.91. The Balaban J connectivity index is 2.91. The third-order valence-electron chi connectivity index (χ3n) is 3.54. The molecule has 2 atom stereocenters. The Morgan fingerprint density at radius 3 is 2.60 bits per heavy atom. The normalized spacial score (nSPS) is 22.2. The van der Waals surface area contributed by atoms with Gasteiger partial charge in [0.1, 0.15) is 7.05 Å². The van der Waals surface area contributed by atoms with Crippen LogP contribution in [0.3, 0.4) is 0 Å². The minimum atomic E-state index is -2.53. The molecule has 20 heavy (non-hydrogen) atoms. The molecule has 0 saturated heterocycles. The van der Waals surface area contributed by atoms with Gasteiger partial charge in [0.25, 0.3) is 0 Å². The van der Waals surface area contributed by atoms with E-state index in [9.17, 15) is 0 Å². The molecule has 2 aromatic rings. The first-order valence-corrected chi connectivity index (χ1v) is 6.73. The Bertz CT molecular complexity index is 808. The van der Waals surface area contributed by atoms with Crippen molar-refractivity contribution < 1.29 is 12.8 Å². The van der Waals surface area contributed by atoms with Crippen LogP contribution in [0.25, 0.3) is 11.3 Å². The van der Waals surface area contributed by atoms with Crippen LogP contribution in [-0.2, 0) is 7.05 Å². The number of hydrogen-bond acceptors (Lipinski definition) is 0. The fourth-order valence-electron chi connectivity index (χ4n) is 2.42. The highest BCUT2D eigenvalue weighted by atomic mass is 14.9. The van der Waals surface area contributed by atoms with Gasteiger partial charge in [0, 0.05) is 24.9 Å². The molecule has 0 aliphatic heterocycles. The van der Waals surface area contributed by atoms with Crippen molar-refractivity contribution in [3.63, 3.8) is 0 Å². The first-order valence-electron chi connectivity index (χ1n) is 9.93. The quantitative estimate of drug-likeness (QED) is 0.712. The maximum Gasteiger partial charge on any atom is 0.216 e. The predicted molar refractivity (Wildman–Crippen MR) is 86.0 cm³/mol. The monoisotopic (exact) mass is 274 g/mol. The van der Waals surface area contributed by atoms with Crippen LogP contribution in [0.15, 0.2) is 36.5 Å². The van der Waals surface area contributed by atoms with Gasteiger partial charge in [-0.15, -0.1) is 0 Å². The fourth-order valence-corrected chi connectivity index (χ4v) is 2.42. The van der Waals surface area contributed by atoms with Gasteiger partial charge in [0.2, 0.25) is 5.69 Å². The third-order valence-corrected chi connectivity index (χ3v) is 3.54. The molecule has 1 aromatic carbocycles. The number of nitrogens with zero attached hydrogens (tertiary/aromatic N) is 1. The zero-order valence-electron chi connectivity index (χ0n) is 18.6. The Hall–Kier alpha value is -1.63. The molecule has 1 heteroatoms. The highest BCUT2D eigenvalue weighted by Crippen LogP contribution is 2.30. The molecule has 106 valence electrons. The van der Waals surface area contributed by atoms with Crippen LogP contribution < -0.4 is 4.57 Å². The van der Waals surface area contributed by atoms with Gasteiger partial charge in [-0.3, -0.25) is 0 Å². The smallest absolute Gasteiger partial charge is 0.200 e. The summed E-state index contributed by atoms with van der Waals surface area (Å²) in [6, 6.07) is 9.28. The number of benzene rings is 1. The van der Waals surface area contributed by atoms with Gasteiger partial charge in [-0.25, -0.2) is 4.57 Å². The summed E-state index contributed by atoms with van der Waals surface area (Å²) >= 11 is 0. The van der Waals surface area contributed by atoms with Crippen LogP contribution in [0.2, 0.25) is 0 Å². The molecule has 0 bridgehead atoms. The molecular weight excluding hydrogens is 242 g/mol. The van der Waals surface area contributed by atoms with E-state index in [4.69, 9.17) is 8.22 Å². The standard InChI is InChI=1S/C19H26N/c1-13(2)16-11-18(14(3)4)19(20(6)12-16)17-10-8-7-9-15(17)5/h7-14H,1-6H3/q+1/i1D,3D3,13D,14D. The lowest BCUT2D eigenvalue weighted by Gasteiger charge is -2.15. The number of aromatic nitrogens is 1. The second-order valence-corrected chi connectivity index (χ2v) is 5.32. The summed E-state index contributed by atoms with van der Waals surface area (Å²) in [5.41, 5.74) is 3.37. The van der Waals surface area contributed by atoms with Gasteiger partial charge < -0.3 is 0 Å². The van der Waals surface area contributed by atoms with Crippen molar-refractivity contribution in [3.05, 3.63) is 53.2 Å². The molecule has 1 heterocycles. The summed E-state index contributed by atoms with van der Waals surface area (Å²) in [6.07, 6.45) is 1.77. The summed E-state index contributed by atoms with van der Waals surface area (Å²) in [6.45, 7) is 2.28. The molecule has 2 rings (SSSR count). The van der Waals surface area contributed by atoms with Crippen LogP contribution in [0.4, 0.5) is 0 Å². The number of hydrogen-bond donors (Lipinski definition) is 0. The highest BCUT2D eigenvalue weighted by molar-refractivity contribution is 5.65. The largest absolute Gasteiger partial charge is 0.216 e. The molecule has 1 nitrogen and oxygen atoms in total. The lowest BCUT2D eigenvalue weighted by Crippen LogP contribution is -2.33. The molecule has 1 aromatic heterocycles. The molecule has 0 aliphatic carbocycles. The summed E-state index contributed by atoms with van der Waals surface area (Å²) in [5, 5.41) is 0. The Morgan fingerprint density at radius 2 is 1.95 bits per heavy atom.